The van der Waals surface area contributed by atoms with Crippen LogP contribution in [0.25, 0.3) is 0 Å². The second kappa shape index (κ2) is 9.37. The molecule has 0 saturated carbocycles. The van der Waals surface area contributed by atoms with Crippen LogP contribution in [0.15, 0.2) is 77.8 Å². The maximum atomic E-state index is 12.5. The zero-order valence-corrected chi connectivity index (χ0v) is 19.0. The summed E-state index contributed by atoms with van der Waals surface area (Å²) in [6.07, 6.45) is 1.48. The third kappa shape index (κ3) is 5.42. The van der Waals surface area contributed by atoms with E-state index in [-0.39, 0.29) is 16.5 Å². The number of hydrogen-bond donors (Lipinski definition) is 2. The normalized spacial score (nSPS) is 11.6. The molecule has 0 bridgehead atoms. The van der Waals surface area contributed by atoms with Gasteiger partial charge in [0, 0.05) is 24.5 Å². The highest BCUT2D eigenvalue weighted by Gasteiger charge is 2.17. The minimum atomic E-state index is -3.82. The summed E-state index contributed by atoms with van der Waals surface area (Å²) in [5.41, 5.74) is 1.17. The zero-order valence-electron chi connectivity index (χ0n) is 17.4. The second-order valence-electron chi connectivity index (χ2n) is 6.71. The molecule has 1 amide bonds. The zero-order chi connectivity index (χ0) is 23.4. The van der Waals surface area contributed by atoms with Crippen LogP contribution >= 0.6 is 0 Å². The third-order valence-corrected chi connectivity index (χ3v) is 7.75. The molecule has 0 aliphatic carbocycles. The number of sulfonamides is 2. The SMILES string of the molecule is CCS(=O)(=O)N(C)c1ccc(C(=O)Nc2ccc(S(=O)(=O)Nc3ccccn3)cc2)cc1. The van der Waals surface area contributed by atoms with Crippen LogP contribution in [0.1, 0.15) is 17.3 Å². The first kappa shape index (κ1) is 23.2. The number of aromatic nitrogens is 1. The summed E-state index contributed by atoms with van der Waals surface area (Å²) < 4.78 is 52.3. The highest BCUT2D eigenvalue weighted by Crippen LogP contribution is 2.20. The van der Waals surface area contributed by atoms with Crippen molar-refractivity contribution in [1.82, 2.24) is 4.98 Å². The van der Waals surface area contributed by atoms with Gasteiger partial charge in [0.25, 0.3) is 15.9 Å². The van der Waals surface area contributed by atoms with Crippen molar-refractivity contribution in [1.29, 1.82) is 0 Å². The van der Waals surface area contributed by atoms with Crippen LogP contribution in [0.5, 0.6) is 0 Å². The Morgan fingerprint density at radius 2 is 1.59 bits per heavy atom. The molecule has 0 radical (unpaired) electrons. The minimum Gasteiger partial charge on any atom is -0.322 e. The number of nitrogens with one attached hydrogen (secondary N) is 2. The standard InChI is InChI=1S/C21H22N4O5S2/c1-3-31(27,28)25(2)18-11-7-16(8-12-18)21(26)23-17-9-13-19(14-10-17)32(29,30)24-20-6-4-5-15-22-20/h4-15H,3H2,1-2H3,(H,22,24)(H,23,26). The molecule has 0 spiro atoms. The highest BCUT2D eigenvalue weighted by atomic mass is 32.2. The van der Waals surface area contributed by atoms with Crippen molar-refractivity contribution in [2.24, 2.45) is 0 Å². The molecule has 0 saturated heterocycles. The fourth-order valence-electron chi connectivity index (χ4n) is 2.72. The summed E-state index contributed by atoms with van der Waals surface area (Å²) in [6, 6.07) is 16.7. The van der Waals surface area contributed by atoms with Gasteiger partial charge >= 0.3 is 0 Å². The molecule has 0 unspecified atom stereocenters. The minimum absolute atomic E-state index is 0.0191. The van der Waals surface area contributed by atoms with Crippen molar-refractivity contribution in [2.75, 3.05) is 27.1 Å². The van der Waals surface area contributed by atoms with Crippen LogP contribution in [0.3, 0.4) is 0 Å². The summed E-state index contributed by atoms with van der Waals surface area (Å²) in [4.78, 5) is 16.4. The second-order valence-corrected chi connectivity index (χ2v) is 10.7. The molecule has 2 N–H and O–H groups in total. The van der Waals surface area contributed by atoms with Crippen LogP contribution in [-0.4, -0.2) is 40.5 Å². The molecular formula is C21H22N4O5S2. The molecule has 2 aromatic carbocycles. The van der Waals surface area contributed by atoms with Crippen LogP contribution < -0.4 is 14.3 Å². The van der Waals surface area contributed by atoms with E-state index >= 15 is 0 Å². The van der Waals surface area contributed by atoms with E-state index in [9.17, 15) is 21.6 Å². The van der Waals surface area contributed by atoms with Crippen molar-refractivity contribution < 1.29 is 21.6 Å². The van der Waals surface area contributed by atoms with E-state index in [2.05, 4.69) is 15.0 Å². The quantitative estimate of drug-likeness (QED) is 0.517. The number of carbonyl (C=O) groups excluding carboxylic acids is 1. The Bertz CT molecular complexity index is 1290. The number of pyridine rings is 1. The smallest absolute Gasteiger partial charge is 0.263 e. The van der Waals surface area contributed by atoms with Gasteiger partial charge in [-0.3, -0.25) is 13.8 Å². The van der Waals surface area contributed by atoms with Gasteiger partial charge in [0.05, 0.1) is 16.3 Å². The number of carbonyl (C=O) groups is 1. The van der Waals surface area contributed by atoms with Crippen molar-refractivity contribution in [2.45, 2.75) is 11.8 Å². The monoisotopic (exact) mass is 474 g/mol. The molecule has 0 atom stereocenters. The lowest BCUT2D eigenvalue weighted by Crippen LogP contribution is -2.28. The van der Waals surface area contributed by atoms with Crippen LogP contribution in [-0.2, 0) is 20.0 Å². The molecule has 1 aromatic heterocycles. The number of amides is 1. The highest BCUT2D eigenvalue weighted by molar-refractivity contribution is 7.93. The Labute approximate surface area is 187 Å². The average molecular weight is 475 g/mol. The number of nitrogens with zero attached hydrogens (tertiary/aromatic N) is 2. The van der Waals surface area contributed by atoms with Gasteiger partial charge < -0.3 is 5.32 Å². The first-order valence-corrected chi connectivity index (χ1v) is 12.6. The van der Waals surface area contributed by atoms with Crippen molar-refractivity contribution in [3.8, 4) is 0 Å². The van der Waals surface area contributed by atoms with Crippen molar-refractivity contribution in [3.05, 3.63) is 78.5 Å². The van der Waals surface area contributed by atoms with Gasteiger partial charge in [0.1, 0.15) is 5.82 Å². The van der Waals surface area contributed by atoms with Crippen LogP contribution in [0.2, 0.25) is 0 Å². The molecule has 32 heavy (non-hydrogen) atoms. The van der Waals surface area contributed by atoms with Gasteiger partial charge in [-0.05, 0) is 67.6 Å². The number of rotatable bonds is 8. The van der Waals surface area contributed by atoms with Crippen molar-refractivity contribution in [3.63, 3.8) is 0 Å². The Morgan fingerprint density at radius 1 is 0.938 bits per heavy atom. The topological polar surface area (TPSA) is 126 Å². The molecule has 1 heterocycles. The Hall–Kier alpha value is -3.44. The lowest BCUT2D eigenvalue weighted by molar-refractivity contribution is 0.102. The van der Waals surface area contributed by atoms with E-state index in [1.165, 1.54) is 55.7 Å². The average Bonchev–Trinajstić information content (AvgIpc) is 2.79. The van der Waals surface area contributed by atoms with E-state index < -0.39 is 26.0 Å². The fourth-order valence-corrected chi connectivity index (χ4v) is 4.56. The molecule has 0 aliphatic heterocycles. The largest absolute Gasteiger partial charge is 0.322 e. The van der Waals surface area contributed by atoms with Gasteiger partial charge in [-0.2, -0.15) is 0 Å². The Morgan fingerprint density at radius 3 is 2.16 bits per heavy atom. The molecule has 11 heteroatoms. The predicted molar refractivity (Wildman–Crippen MR) is 124 cm³/mol. The molecular weight excluding hydrogens is 452 g/mol. The number of anilines is 3. The molecule has 3 aromatic rings. The molecule has 168 valence electrons. The van der Waals surface area contributed by atoms with E-state index in [4.69, 9.17) is 0 Å². The van der Waals surface area contributed by atoms with E-state index in [0.717, 1.165) is 4.31 Å². The maximum absolute atomic E-state index is 12.5. The van der Waals surface area contributed by atoms with Crippen LogP contribution in [0.4, 0.5) is 17.2 Å². The van der Waals surface area contributed by atoms with E-state index in [0.29, 0.717) is 16.9 Å². The van der Waals surface area contributed by atoms with E-state index in [1.807, 2.05) is 0 Å². The summed E-state index contributed by atoms with van der Waals surface area (Å²) in [5.74, 6) is -0.250. The Kier molecular flexibility index (Phi) is 6.80. The van der Waals surface area contributed by atoms with E-state index in [1.54, 1.807) is 31.2 Å². The van der Waals surface area contributed by atoms with Gasteiger partial charge in [-0.1, -0.05) is 6.07 Å². The summed E-state index contributed by atoms with van der Waals surface area (Å²) >= 11 is 0. The molecule has 3 rings (SSSR count). The summed E-state index contributed by atoms with van der Waals surface area (Å²) in [7, 11) is -5.76. The van der Waals surface area contributed by atoms with Gasteiger partial charge in [0.2, 0.25) is 10.0 Å². The van der Waals surface area contributed by atoms with Crippen LogP contribution in [0, 0.1) is 0 Å². The van der Waals surface area contributed by atoms with Crippen molar-refractivity contribution >= 4 is 43.1 Å². The third-order valence-electron chi connectivity index (χ3n) is 4.60. The van der Waals surface area contributed by atoms with Gasteiger partial charge in [0.15, 0.2) is 0 Å². The first-order chi connectivity index (χ1) is 15.1. The fraction of sp³-hybridized carbons (Fsp3) is 0.143. The van der Waals surface area contributed by atoms with Gasteiger partial charge in [-0.15, -0.1) is 0 Å². The maximum Gasteiger partial charge on any atom is 0.263 e. The molecule has 0 fully saturated rings. The predicted octanol–water partition coefficient (Wildman–Crippen LogP) is 2.92. The Balaban J connectivity index is 1.68. The lowest BCUT2D eigenvalue weighted by atomic mass is 10.2. The molecule has 9 nitrogen and oxygen atoms in total. The summed E-state index contributed by atoms with van der Waals surface area (Å²) in [5, 5.41) is 2.68. The first-order valence-electron chi connectivity index (χ1n) is 9.54. The number of hydrogen-bond acceptors (Lipinski definition) is 6. The van der Waals surface area contributed by atoms with Gasteiger partial charge in [-0.25, -0.2) is 21.8 Å². The summed E-state index contributed by atoms with van der Waals surface area (Å²) in [6.45, 7) is 1.55. The molecule has 0 aliphatic rings. The number of benzene rings is 2. The lowest BCUT2D eigenvalue weighted by Gasteiger charge is -2.18.